The fraction of sp³-hybridized carbons (Fsp3) is 0.733. The first-order valence-electron chi connectivity index (χ1n) is 13.9. The summed E-state index contributed by atoms with van der Waals surface area (Å²) < 4.78 is 27.3. The van der Waals surface area contributed by atoms with Gasteiger partial charge in [-0.05, 0) is 118 Å². The Labute approximate surface area is 212 Å². The van der Waals surface area contributed by atoms with Crippen molar-refractivity contribution in [3.63, 3.8) is 0 Å². The molecule has 0 spiro atoms. The first-order valence-corrected chi connectivity index (χ1v) is 15.4. The van der Waals surface area contributed by atoms with Crippen LogP contribution in [0, 0.1) is 34.5 Å². The zero-order valence-electron chi connectivity index (χ0n) is 21.7. The van der Waals surface area contributed by atoms with Gasteiger partial charge in [-0.2, -0.15) is 0 Å². The average Bonchev–Trinajstić information content (AvgIpc) is 3.15. The first kappa shape index (κ1) is 25.5. The second-order valence-corrected chi connectivity index (χ2v) is 15.0. The lowest BCUT2D eigenvalue weighted by Gasteiger charge is -2.58. The zero-order chi connectivity index (χ0) is 25.0. The van der Waals surface area contributed by atoms with E-state index in [-0.39, 0.29) is 16.9 Å². The van der Waals surface area contributed by atoms with Crippen molar-refractivity contribution in [3.8, 4) is 0 Å². The molecule has 0 heterocycles. The predicted octanol–water partition coefficient (Wildman–Crippen LogP) is 5.93. The smallest absolute Gasteiger partial charge is 0.181 e. The van der Waals surface area contributed by atoms with Gasteiger partial charge in [0.05, 0.1) is 22.4 Å². The SMILES string of the molecule is C[C@@H](O)CC(CC1CCC2C3CC=C4C[C@@H](O)CCC4(C)C3CCC12C)S(=O)(=O)c1ccccc1. The molecule has 0 aromatic heterocycles. The molecule has 3 fully saturated rings. The summed E-state index contributed by atoms with van der Waals surface area (Å²) in [7, 11) is -3.50. The molecule has 2 N–H and O–H groups in total. The standard InChI is InChI=1S/C30H44O4S/c1-20(31)17-25(35(33,34)24-7-5-4-6-8-24)19-22-10-12-27-26-11-9-21-18-23(32)13-15-29(21,2)28(26)14-16-30(22,27)3/h4-9,20,22-23,25-28,31-32H,10-19H2,1-3H3/t20-,22?,23+,25?,26?,27?,28?,29?,30?/m1/s1. The Morgan fingerprint density at radius 2 is 1.77 bits per heavy atom. The highest BCUT2D eigenvalue weighted by atomic mass is 32.2. The van der Waals surface area contributed by atoms with E-state index in [1.807, 2.05) is 6.07 Å². The average molecular weight is 501 g/mol. The fourth-order valence-corrected chi connectivity index (χ4v) is 10.9. The van der Waals surface area contributed by atoms with Crippen LogP contribution >= 0.6 is 0 Å². The topological polar surface area (TPSA) is 74.6 Å². The van der Waals surface area contributed by atoms with Gasteiger partial charge in [0.1, 0.15) is 0 Å². The number of sulfone groups is 1. The van der Waals surface area contributed by atoms with Crippen LogP contribution in [0.25, 0.3) is 0 Å². The van der Waals surface area contributed by atoms with E-state index >= 15 is 0 Å². The summed E-state index contributed by atoms with van der Waals surface area (Å²) in [6.07, 6.45) is 11.3. The first-order chi connectivity index (χ1) is 16.6. The van der Waals surface area contributed by atoms with Crippen LogP contribution in [0.5, 0.6) is 0 Å². The van der Waals surface area contributed by atoms with Crippen LogP contribution in [0.3, 0.4) is 0 Å². The van der Waals surface area contributed by atoms with Crippen LogP contribution in [0.2, 0.25) is 0 Å². The van der Waals surface area contributed by atoms with Gasteiger partial charge in [-0.3, -0.25) is 0 Å². The second-order valence-electron chi connectivity index (χ2n) is 12.8. The quantitative estimate of drug-likeness (QED) is 0.475. The summed E-state index contributed by atoms with van der Waals surface area (Å²) in [5.74, 6) is 2.37. The Balaban J connectivity index is 1.39. The monoisotopic (exact) mass is 500 g/mol. The molecule has 0 radical (unpaired) electrons. The minimum atomic E-state index is -3.50. The molecule has 5 rings (SSSR count). The molecule has 3 saturated carbocycles. The van der Waals surface area contributed by atoms with Crippen molar-refractivity contribution in [2.75, 3.05) is 0 Å². The van der Waals surface area contributed by atoms with Gasteiger partial charge < -0.3 is 10.2 Å². The molecule has 9 atom stereocenters. The number of aliphatic hydroxyl groups is 2. The van der Waals surface area contributed by atoms with E-state index in [9.17, 15) is 18.6 Å². The molecule has 35 heavy (non-hydrogen) atoms. The minimum absolute atomic E-state index is 0.167. The lowest BCUT2D eigenvalue weighted by atomic mass is 9.47. The van der Waals surface area contributed by atoms with Crippen LogP contribution in [-0.2, 0) is 9.84 Å². The van der Waals surface area contributed by atoms with Crippen LogP contribution in [0.1, 0.15) is 85.0 Å². The van der Waals surface area contributed by atoms with Crippen LogP contribution < -0.4 is 0 Å². The Hall–Kier alpha value is -1.17. The highest BCUT2D eigenvalue weighted by Crippen LogP contribution is 2.67. The van der Waals surface area contributed by atoms with Gasteiger partial charge in [-0.1, -0.05) is 43.7 Å². The maximum absolute atomic E-state index is 13.6. The van der Waals surface area contributed by atoms with E-state index in [4.69, 9.17) is 0 Å². The third-order valence-electron chi connectivity index (χ3n) is 10.9. The Morgan fingerprint density at radius 1 is 1.03 bits per heavy atom. The van der Waals surface area contributed by atoms with Crippen LogP contribution in [-0.4, -0.2) is 36.1 Å². The molecular weight excluding hydrogens is 456 g/mol. The minimum Gasteiger partial charge on any atom is -0.393 e. The number of rotatable bonds is 6. The lowest BCUT2D eigenvalue weighted by molar-refractivity contribution is -0.0509. The van der Waals surface area contributed by atoms with Gasteiger partial charge in [0.25, 0.3) is 0 Å². The molecule has 1 aromatic rings. The number of fused-ring (bicyclic) bond motifs is 5. The highest BCUT2D eigenvalue weighted by molar-refractivity contribution is 7.92. The van der Waals surface area contributed by atoms with Crippen molar-refractivity contribution in [2.45, 2.75) is 107 Å². The van der Waals surface area contributed by atoms with Crippen molar-refractivity contribution in [1.29, 1.82) is 0 Å². The van der Waals surface area contributed by atoms with Crippen LogP contribution in [0.4, 0.5) is 0 Å². The third-order valence-corrected chi connectivity index (χ3v) is 13.1. The van der Waals surface area contributed by atoms with Crippen molar-refractivity contribution < 1.29 is 18.6 Å². The molecule has 0 saturated heterocycles. The van der Waals surface area contributed by atoms with Crippen LogP contribution in [0.15, 0.2) is 46.9 Å². The van der Waals surface area contributed by atoms with Crippen molar-refractivity contribution >= 4 is 9.84 Å². The second kappa shape index (κ2) is 9.29. The highest BCUT2D eigenvalue weighted by Gasteiger charge is 2.58. The summed E-state index contributed by atoms with van der Waals surface area (Å²) in [5, 5.41) is 20.0. The maximum atomic E-state index is 13.6. The van der Waals surface area contributed by atoms with Crippen molar-refractivity contribution in [2.24, 2.45) is 34.5 Å². The number of hydrogen-bond acceptors (Lipinski definition) is 4. The van der Waals surface area contributed by atoms with Gasteiger partial charge in [0.15, 0.2) is 9.84 Å². The summed E-state index contributed by atoms with van der Waals surface area (Å²) in [4.78, 5) is 0.381. The van der Waals surface area contributed by atoms with Gasteiger partial charge >= 0.3 is 0 Å². The number of benzene rings is 1. The fourth-order valence-electron chi connectivity index (χ4n) is 8.99. The van der Waals surface area contributed by atoms with E-state index in [1.54, 1.807) is 31.2 Å². The van der Waals surface area contributed by atoms with E-state index in [0.29, 0.717) is 41.4 Å². The zero-order valence-corrected chi connectivity index (χ0v) is 22.5. The molecule has 7 unspecified atom stereocenters. The molecule has 0 bridgehead atoms. The number of allylic oxidation sites excluding steroid dienone is 1. The summed E-state index contributed by atoms with van der Waals surface area (Å²) in [6.45, 7) is 6.62. The lowest BCUT2D eigenvalue weighted by Crippen LogP contribution is -2.50. The summed E-state index contributed by atoms with van der Waals surface area (Å²) in [6, 6.07) is 8.82. The molecule has 0 aliphatic heterocycles. The Bertz CT molecular complexity index is 1050. The molecule has 4 aliphatic rings. The third kappa shape index (κ3) is 4.34. The number of aliphatic hydroxyl groups excluding tert-OH is 2. The maximum Gasteiger partial charge on any atom is 0.181 e. The van der Waals surface area contributed by atoms with E-state index in [2.05, 4.69) is 19.9 Å². The molecular formula is C30H44O4S. The summed E-state index contributed by atoms with van der Waals surface area (Å²) in [5.41, 5.74) is 1.90. The molecule has 1 aromatic carbocycles. The largest absolute Gasteiger partial charge is 0.393 e. The molecule has 0 amide bonds. The van der Waals surface area contributed by atoms with Gasteiger partial charge in [-0.15, -0.1) is 0 Å². The van der Waals surface area contributed by atoms with Crippen molar-refractivity contribution in [3.05, 3.63) is 42.0 Å². The van der Waals surface area contributed by atoms with Gasteiger partial charge in [0.2, 0.25) is 0 Å². The van der Waals surface area contributed by atoms with Gasteiger partial charge in [0, 0.05) is 0 Å². The normalized spacial score (nSPS) is 40.7. The predicted molar refractivity (Wildman–Crippen MR) is 140 cm³/mol. The van der Waals surface area contributed by atoms with Crippen molar-refractivity contribution in [1.82, 2.24) is 0 Å². The molecule has 4 aliphatic carbocycles. The van der Waals surface area contributed by atoms with E-state index in [0.717, 1.165) is 32.1 Å². The Kier molecular flexibility index (Phi) is 6.76. The Morgan fingerprint density at radius 3 is 2.49 bits per heavy atom. The van der Waals surface area contributed by atoms with E-state index in [1.165, 1.54) is 24.8 Å². The van der Waals surface area contributed by atoms with E-state index < -0.39 is 21.2 Å². The molecule has 4 nitrogen and oxygen atoms in total. The molecule has 5 heteroatoms. The summed E-state index contributed by atoms with van der Waals surface area (Å²) >= 11 is 0. The molecule has 194 valence electrons. The van der Waals surface area contributed by atoms with Gasteiger partial charge in [-0.25, -0.2) is 8.42 Å². The number of hydrogen-bond donors (Lipinski definition) is 2.